The van der Waals surface area contributed by atoms with Crippen LogP contribution in [0.5, 0.6) is 0 Å². The lowest BCUT2D eigenvalue weighted by atomic mass is 10.2. The minimum atomic E-state index is -0.482. The molecule has 0 saturated carbocycles. The molecule has 1 amide bonds. The number of amides is 1. The third kappa shape index (κ3) is 5.92. The lowest BCUT2D eigenvalue weighted by Gasteiger charge is -2.19. The average molecular weight is 347 g/mol. The standard InChI is InChI=1S/C18H25N3O2S/c1-13-6-8-15(9-7-13)24-16-12-21(20-14(16)2)11-10-19-17(22)23-18(3,4)5/h6-9,12H,10-11H2,1-5H3,(H,19,22). The van der Waals surface area contributed by atoms with E-state index in [9.17, 15) is 4.79 Å². The van der Waals surface area contributed by atoms with Crippen LogP contribution in [0.3, 0.4) is 0 Å². The molecule has 2 rings (SSSR count). The molecule has 1 aromatic heterocycles. The number of carbonyl (C=O) groups is 1. The second-order valence-corrected chi connectivity index (χ2v) is 7.80. The third-order valence-corrected chi connectivity index (χ3v) is 4.29. The second kappa shape index (κ2) is 7.75. The zero-order valence-corrected chi connectivity index (χ0v) is 15.7. The van der Waals surface area contributed by atoms with Gasteiger partial charge < -0.3 is 10.1 Å². The molecular weight excluding hydrogens is 322 g/mol. The van der Waals surface area contributed by atoms with Crippen molar-refractivity contribution in [1.29, 1.82) is 0 Å². The van der Waals surface area contributed by atoms with E-state index in [1.807, 2.05) is 38.6 Å². The zero-order valence-electron chi connectivity index (χ0n) is 14.9. The lowest BCUT2D eigenvalue weighted by Crippen LogP contribution is -2.34. The first kappa shape index (κ1) is 18.4. The smallest absolute Gasteiger partial charge is 0.407 e. The largest absolute Gasteiger partial charge is 0.444 e. The summed E-state index contributed by atoms with van der Waals surface area (Å²) < 4.78 is 7.06. The molecule has 130 valence electrons. The van der Waals surface area contributed by atoms with Crippen LogP contribution in [0.1, 0.15) is 32.0 Å². The summed E-state index contributed by atoms with van der Waals surface area (Å²) in [4.78, 5) is 13.9. The summed E-state index contributed by atoms with van der Waals surface area (Å²) in [5.74, 6) is 0. The Hall–Kier alpha value is -1.95. The van der Waals surface area contributed by atoms with Gasteiger partial charge in [0, 0.05) is 17.6 Å². The Bertz CT molecular complexity index is 687. The van der Waals surface area contributed by atoms with Crippen LogP contribution in [0.25, 0.3) is 0 Å². The summed E-state index contributed by atoms with van der Waals surface area (Å²) in [5.41, 5.74) is 1.75. The maximum atomic E-state index is 11.6. The molecule has 0 aliphatic carbocycles. The topological polar surface area (TPSA) is 56.2 Å². The summed E-state index contributed by atoms with van der Waals surface area (Å²) in [7, 11) is 0. The molecule has 0 aliphatic heterocycles. The number of ether oxygens (including phenoxy) is 1. The Morgan fingerprint density at radius 2 is 1.92 bits per heavy atom. The Labute approximate surface area is 147 Å². The number of carbonyl (C=O) groups excluding carboxylic acids is 1. The van der Waals surface area contributed by atoms with Crippen molar-refractivity contribution in [2.45, 2.75) is 56.6 Å². The number of rotatable bonds is 5. The Morgan fingerprint density at radius 3 is 2.54 bits per heavy atom. The van der Waals surface area contributed by atoms with Crippen molar-refractivity contribution in [3.63, 3.8) is 0 Å². The van der Waals surface area contributed by atoms with Crippen molar-refractivity contribution < 1.29 is 9.53 Å². The molecule has 1 aromatic carbocycles. The number of benzene rings is 1. The van der Waals surface area contributed by atoms with Gasteiger partial charge in [-0.1, -0.05) is 29.5 Å². The van der Waals surface area contributed by atoms with Crippen LogP contribution in [-0.4, -0.2) is 28.0 Å². The van der Waals surface area contributed by atoms with Crippen LogP contribution < -0.4 is 5.32 Å². The normalized spacial score (nSPS) is 11.4. The van der Waals surface area contributed by atoms with Crippen molar-refractivity contribution in [3.05, 3.63) is 41.7 Å². The molecule has 6 heteroatoms. The van der Waals surface area contributed by atoms with Gasteiger partial charge in [0.05, 0.1) is 17.1 Å². The monoisotopic (exact) mass is 347 g/mol. The fourth-order valence-electron chi connectivity index (χ4n) is 2.03. The van der Waals surface area contributed by atoms with Gasteiger partial charge in [-0.25, -0.2) is 4.79 Å². The SMILES string of the molecule is Cc1ccc(Sc2cn(CCNC(=O)OC(C)(C)C)nc2C)cc1. The minimum Gasteiger partial charge on any atom is -0.444 e. The predicted octanol–water partition coefficient (Wildman–Crippen LogP) is 4.18. The van der Waals surface area contributed by atoms with Gasteiger partial charge in [0.25, 0.3) is 0 Å². The molecule has 0 saturated heterocycles. The number of aryl methyl sites for hydroxylation is 2. The molecule has 0 bridgehead atoms. The average Bonchev–Trinajstić information content (AvgIpc) is 2.80. The summed E-state index contributed by atoms with van der Waals surface area (Å²) in [6, 6.07) is 8.43. The highest BCUT2D eigenvalue weighted by Crippen LogP contribution is 2.29. The first-order valence-corrected chi connectivity index (χ1v) is 8.80. The first-order valence-electron chi connectivity index (χ1n) is 7.98. The van der Waals surface area contributed by atoms with Crippen LogP contribution in [0.4, 0.5) is 4.79 Å². The Kier molecular flexibility index (Phi) is 5.94. The molecular formula is C18H25N3O2S. The number of alkyl carbamates (subject to hydrolysis) is 1. The van der Waals surface area contributed by atoms with Gasteiger partial charge in [0.1, 0.15) is 5.60 Å². The summed E-state index contributed by atoms with van der Waals surface area (Å²) in [6.45, 7) is 10.7. The van der Waals surface area contributed by atoms with Crippen LogP contribution in [0, 0.1) is 13.8 Å². The Morgan fingerprint density at radius 1 is 1.25 bits per heavy atom. The van der Waals surface area contributed by atoms with Crippen LogP contribution >= 0.6 is 11.8 Å². The van der Waals surface area contributed by atoms with E-state index < -0.39 is 11.7 Å². The van der Waals surface area contributed by atoms with Gasteiger partial charge in [-0.3, -0.25) is 4.68 Å². The molecule has 24 heavy (non-hydrogen) atoms. The molecule has 0 aliphatic rings. The number of aromatic nitrogens is 2. The molecule has 2 aromatic rings. The predicted molar refractivity (Wildman–Crippen MR) is 96.5 cm³/mol. The maximum absolute atomic E-state index is 11.6. The number of hydrogen-bond acceptors (Lipinski definition) is 4. The molecule has 0 radical (unpaired) electrons. The van der Waals surface area contributed by atoms with Crippen molar-refractivity contribution >= 4 is 17.9 Å². The highest BCUT2D eigenvalue weighted by molar-refractivity contribution is 7.99. The van der Waals surface area contributed by atoms with Gasteiger partial charge in [-0.2, -0.15) is 5.10 Å². The van der Waals surface area contributed by atoms with Crippen LogP contribution in [0.15, 0.2) is 40.3 Å². The maximum Gasteiger partial charge on any atom is 0.407 e. The molecule has 1 N–H and O–H groups in total. The molecule has 1 heterocycles. The van der Waals surface area contributed by atoms with Gasteiger partial charge in [-0.05, 0) is 46.8 Å². The van der Waals surface area contributed by atoms with Crippen LogP contribution in [0.2, 0.25) is 0 Å². The van der Waals surface area contributed by atoms with E-state index in [0.717, 1.165) is 10.6 Å². The van der Waals surface area contributed by atoms with E-state index in [4.69, 9.17) is 4.74 Å². The van der Waals surface area contributed by atoms with E-state index in [0.29, 0.717) is 13.1 Å². The van der Waals surface area contributed by atoms with Gasteiger partial charge >= 0.3 is 6.09 Å². The Balaban J connectivity index is 1.87. The van der Waals surface area contributed by atoms with Gasteiger partial charge in [0.2, 0.25) is 0 Å². The molecule has 0 fully saturated rings. The molecule has 0 spiro atoms. The van der Waals surface area contributed by atoms with E-state index >= 15 is 0 Å². The molecule has 0 atom stereocenters. The van der Waals surface area contributed by atoms with E-state index in [1.54, 1.807) is 11.8 Å². The number of nitrogens with one attached hydrogen (secondary N) is 1. The van der Waals surface area contributed by atoms with E-state index in [1.165, 1.54) is 10.5 Å². The summed E-state index contributed by atoms with van der Waals surface area (Å²) in [6.07, 6.45) is 1.61. The number of hydrogen-bond donors (Lipinski definition) is 1. The quantitative estimate of drug-likeness (QED) is 0.882. The minimum absolute atomic E-state index is 0.402. The highest BCUT2D eigenvalue weighted by atomic mass is 32.2. The summed E-state index contributed by atoms with van der Waals surface area (Å²) >= 11 is 1.70. The second-order valence-electron chi connectivity index (χ2n) is 6.69. The van der Waals surface area contributed by atoms with Gasteiger partial charge in [0.15, 0.2) is 0 Å². The van der Waals surface area contributed by atoms with Crippen molar-refractivity contribution in [2.24, 2.45) is 0 Å². The van der Waals surface area contributed by atoms with Crippen molar-refractivity contribution in [2.75, 3.05) is 6.54 Å². The first-order chi connectivity index (χ1) is 11.2. The molecule has 0 unspecified atom stereocenters. The van der Waals surface area contributed by atoms with E-state index in [-0.39, 0.29) is 0 Å². The van der Waals surface area contributed by atoms with Crippen LogP contribution in [-0.2, 0) is 11.3 Å². The highest BCUT2D eigenvalue weighted by Gasteiger charge is 2.15. The zero-order chi connectivity index (χ0) is 17.7. The van der Waals surface area contributed by atoms with E-state index in [2.05, 4.69) is 41.6 Å². The number of nitrogens with zero attached hydrogens (tertiary/aromatic N) is 2. The fraction of sp³-hybridized carbons (Fsp3) is 0.444. The lowest BCUT2D eigenvalue weighted by molar-refractivity contribution is 0.0525. The molecule has 5 nitrogen and oxygen atoms in total. The third-order valence-electron chi connectivity index (χ3n) is 3.16. The van der Waals surface area contributed by atoms with Crippen molar-refractivity contribution in [1.82, 2.24) is 15.1 Å². The van der Waals surface area contributed by atoms with Crippen molar-refractivity contribution in [3.8, 4) is 0 Å². The summed E-state index contributed by atoms with van der Waals surface area (Å²) in [5, 5.41) is 7.24. The van der Waals surface area contributed by atoms with Gasteiger partial charge in [-0.15, -0.1) is 0 Å². The fourth-order valence-corrected chi connectivity index (χ4v) is 2.92.